The van der Waals surface area contributed by atoms with Gasteiger partial charge in [-0.15, -0.1) is 0 Å². The molecule has 1 aromatic carbocycles. The van der Waals surface area contributed by atoms with Gasteiger partial charge < -0.3 is 14.3 Å². The van der Waals surface area contributed by atoms with Crippen LogP contribution < -0.4 is 0 Å². The fourth-order valence-electron chi connectivity index (χ4n) is 4.20. The highest BCUT2D eigenvalue weighted by atomic mass is 19.1. The van der Waals surface area contributed by atoms with Gasteiger partial charge in [-0.2, -0.15) is 4.98 Å². The van der Waals surface area contributed by atoms with Crippen LogP contribution in [-0.4, -0.2) is 75.9 Å². The van der Waals surface area contributed by atoms with Gasteiger partial charge in [0.25, 0.3) is 5.91 Å². The van der Waals surface area contributed by atoms with Gasteiger partial charge in [-0.1, -0.05) is 18.1 Å². The zero-order valence-electron chi connectivity index (χ0n) is 18.5. The Morgan fingerprint density at radius 3 is 2.56 bits per heavy atom. The van der Waals surface area contributed by atoms with Crippen LogP contribution in [0.1, 0.15) is 48.3 Å². The Morgan fingerprint density at radius 1 is 1.09 bits per heavy atom. The van der Waals surface area contributed by atoms with Gasteiger partial charge in [0, 0.05) is 57.7 Å². The zero-order valence-corrected chi connectivity index (χ0v) is 18.5. The molecule has 2 saturated heterocycles. The first kappa shape index (κ1) is 22.4. The van der Waals surface area contributed by atoms with E-state index in [1.807, 2.05) is 4.90 Å². The molecule has 0 saturated carbocycles. The molecule has 0 atom stereocenters. The van der Waals surface area contributed by atoms with Crippen molar-refractivity contribution in [3.8, 4) is 0 Å². The van der Waals surface area contributed by atoms with E-state index < -0.39 is 5.82 Å². The van der Waals surface area contributed by atoms with E-state index in [2.05, 4.69) is 22.0 Å². The lowest BCUT2D eigenvalue weighted by Crippen LogP contribution is -2.48. The number of piperidine rings is 1. The third-order valence-corrected chi connectivity index (χ3v) is 6.30. The molecule has 32 heavy (non-hydrogen) atoms. The summed E-state index contributed by atoms with van der Waals surface area (Å²) < 4.78 is 18.7. The van der Waals surface area contributed by atoms with Gasteiger partial charge in [-0.25, -0.2) is 4.39 Å². The molecule has 2 fully saturated rings. The summed E-state index contributed by atoms with van der Waals surface area (Å²) in [5, 5.41) is 4.05. The van der Waals surface area contributed by atoms with E-state index in [9.17, 15) is 14.0 Å². The summed E-state index contributed by atoms with van der Waals surface area (Å²) in [4.78, 5) is 35.2. The lowest BCUT2D eigenvalue weighted by atomic mass is 9.99. The molecule has 8 nitrogen and oxygen atoms in total. The number of aryl methyl sites for hydroxylation is 1. The maximum absolute atomic E-state index is 13.4. The Balaban J connectivity index is 1.21. The second-order valence-electron chi connectivity index (χ2n) is 8.75. The third-order valence-electron chi connectivity index (χ3n) is 6.30. The van der Waals surface area contributed by atoms with Crippen molar-refractivity contribution in [2.75, 3.05) is 39.3 Å². The van der Waals surface area contributed by atoms with Crippen LogP contribution in [0.4, 0.5) is 4.39 Å². The standard InChI is InChI=1S/C23H30FN5O3/c1-17-7-9-28(10-8-17)22(30)6-5-21-25-20(26-32-21)16-27-11-13-29(14-12-27)23(31)18-3-2-4-19(24)15-18/h2-4,15,17H,5-14,16H2,1H3. The predicted molar refractivity (Wildman–Crippen MR) is 115 cm³/mol. The van der Waals surface area contributed by atoms with Crippen molar-refractivity contribution in [1.29, 1.82) is 0 Å². The fraction of sp³-hybridized carbons (Fsp3) is 0.565. The number of nitrogens with zero attached hydrogens (tertiary/aromatic N) is 5. The van der Waals surface area contributed by atoms with Crippen molar-refractivity contribution < 1.29 is 18.5 Å². The van der Waals surface area contributed by atoms with E-state index in [1.165, 1.54) is 12.1 Å². The molecule has 0 unspecified atom stereocenters. The molecule has 1 aromatic heterocycles. The van der Waals surface area contributed by atoms with Crippen LogP contribution in [0, 0.1) is 11.7 Å². The van der Waals surface area contributed by atoms with Crippen molar-refractivity contribution >= 4 is 11.8 Å². The van der Waals surface area contributed by atoms with Gasteiger partial charge in [0.05, 0.1) is 6.54 Å². The van der Waals surface area contributed by atoms with Gasteiger partial charge in [0.1, 0.15) is 5.82 Å². The molecule has 2 aromatic rings. The second-order valence-corrected chi connectivity index (χ2v) is 8.75. The maximum Gasteiger partial charge on any atom is 0.254 e. The van der Waals surface area contributed by atoms with E-state index in [-0.39, 0.29) is 11.8 Å². The number of likely N-dealkylation sites (tertiary alicyclic amines) is 1. The Hall–Kier alpha value is -2.81. The summed E-state index contributed by atoms with van der Waals surface area (Å²) >= 11 is 0. The largest absolute Gasteiger partial charge is 0.343 e. The molecule has 2 aliphatic heterocycles. The number of carbonyl (C=O) groups excluding carboxylic acids is 2. The van der Waals surface area contributed by atoms with Crippen molar-refractivity contribution in [2.45, 2.75) is 39.2 Å². The second kappa shape index (κ2) is 10.2. The summed E-state index contributed by atoms with van der Waals surface area (Å²) in [6.07, 6.45) is 2.97. The molecule has 2 aliphatic rings. The molecular formula is C23H30FN5O3. The Kier molecular flexibility index (Phi) is 7.14. The summed E-state index contributed by atoms with van der Waals surface area (Å²) in [7, 11) is 0. The quantitative estimate of drug-likeness (QED) is 0.682. The summed E-state index contributed by atoms with van der Waals surface area (Å²) in [6.45, 7) is 6.90. The highest BCUT2D eigenvalue weighted by Crippen LogP contribution is 2.17. The van der Waals surface area contributed by atoms with Crippen LogP contribution in [0.2, 0.25) is 0 Å². The van der Waals surface area contributed by atoms with Crippen molar-refractivity contribution in [3.63, 3.8) is 0 Å². The number of amides is 2. The molecule has 4 rings (SSSR count). The zero-order chi connectivity index (χ0) is 22.5. The van der Waals surface area contributed by atoms with Crippen molar-refractivity contribution in [2.24, 2.45) is 5.92 Å². The molecule has 0 aliphatic carbocycles. The maximum atomic E-state index is 13.4. The Bertz CT molecular complexity index is 933. The first-order valence-electron chi connectivity index (χ1n) is 11.3. The van der Waals surface area contributed by atoms with Crippen LogP contribution in [0.15, 0.2) is 28.8 Å². The van der Waals surface area contributed by atoms with Crippen LogP contribution in [0.3, 0.4) is 0 Å². The number of aromatic nitrogens is 2. The average Bonchev–Trinajstić information content (AvgIpc) is 3.25. The number of halogens is 1. The van der Waals surface area contributed by atoms with Gasteiger partial charge in [0.15, 0.2) is 5.82 Å². The van der Waals surface area contributed by atoms with Gasteiger partial charge >= 0.3 is 0 Å². The third kappa shape index (κ3) is 5.70. The summed E-state index contributed by atoms with van der Waals surface area (Å²) in [5.41, 5.74) is 0.370. The SMILES string of the molecule is CC1CCN(C(=O)CCc2nc(CN3CCN(C(=O)c4cccc(F)c4)CC3)no2)CC1. The number of hydrogen-bond acceptors (Lipinski definition) is 6. The van der Waals surface area contributed by atoms with Gasteiger partial charge in [-0.3, -0.25) is 14.5 Å². The number of rotatable bonds is 6. The first-order chi connectivity index (χ1) is 15.5. The van der Waals surface area contributed by atoms with Crippen LogP contribution >= 0.6 is 0 Å². The predicted octanol–water partition coefficient (Wildman–Crippen LogP) is 2.36. The normalized spacial score (nSPS) is 18.2. The number of piperazine rings is 1. The minimum Gasteiger partial charge on any atom is -0.343 e. The lowest BCUT2D eigenvalue weighted by Gasteiger charge is -2.34. The Labute approximate surface area is 187 Å². The molecule has 9 heteroatoms. The van der Waals surface area contributed by atoms with Gasteiger partial charge in [-0.05, 0) is 37.0 Å². The summed E-state index contributed by atoms with van der Waals surface area (Å²) in [5.74, 6) is 1.35. The first-order valence-corrected chi connectivity index (χ1v) is 11.3. The average molecular weight is 444 g/mol. The highest BCUT2D eigenvalue weighted by Gasteiger charge is 2.24. The topological polar surface area (TPSA) is 82.8 Å². The van der Waals surface area contributed by atoms with E-state index in [4.69, 9.17) is 4.52 Å². The smallest absolute Gasteiger partial charge is 0.254 e. The molecule has 2 amide bonds. The van der Waals surface area contributed by atoms with E-state index in [0.717, 1.165) is 25.9 Å². The highest BCUT2D eigenvalue weighted by molar-refractivity contribution is 5.94. The van der Waals surface area contributed by atoms with E-state index in [1.54, 1.807) is 17.0 Å². The molecular weight excluding hydrogens is 413 g/mol. The Morgan fingerprint density at radius 2 is 1.84 bits per heavy atom. The van der Waals surface area contributed by atoms with Crippen LogP contribution in [0.25, 0.3) is 0 Å². The summed E-state index contributed by atoms with van der Waals surface area (Å²) in [6, 6.07) is 5.78. The van der Waals surface area contributed by atoms with E-state index >= 15 is 0 Å². The molecule has 0 N–H and O–H groups in total. The molecule has 0 spiro atoms. The monoisotopic (exact) mass is 443 g/mol. The van der Waals surface area contributed by atoms with Gasteiger partial charge in [0.2, 0.25) is 11.8 Å². The lowest BCUT2D eigenvalue weighted by molar-refractivity contribution is -0.132. The molecule has 3 heterocycles. The molecule has 0 bridgehead atoms. The molecule has 172 valence electrons. The van der Waals surface area contributed by atoms with E-state index in [0.29, 0.717) is 68.8 Å². The number of benzene rings is 1. The molecule has 0 radical (unpaired) electrons. The van der Waals surface area contributed by atoms with Crippen LogP contribution in [-0.2, 0) is 17.8 Å². The minimum atomic E-state index is -0.408. The number of carbonyl (C=O) groups is 2. The van der Waals surface area contributed by atoms with Crippen LogP contribution in [0.5, 0.6) is 0 Å². The number of hydrogen-bond donors (Lipinski definition) is 0. The van der Waals surface area contributed by atoms with Crippen molar-refractivity contribution in [1.82, 2.24) is 24.8 Å². The minimum absolute atomic E-state index is 0.149. The fourth-order valence-corrected chi connectivity index (χ4v) is 4.20. The van der Waals surface area contributed by atoms with Crippen molar-refractivity contribution in [3.05, 3.63) is 47.4 Å².